The van der Waals surface area contributed by atoms with Crippen LogP contribution in [0.25, 0.3) is 10.9 Å². The average Bonchev–Trinajstić information content (AvgIpc) is 3.33. The largest absolute Gasteiger partial charge is 0.361 e. The van der Waals surface area contributed by atoms with E-state index in [4.69, 9.17) is 0 Å². The Morgan fingerprint density at radius 3 is 2.11 bits per heavy atom. The van der Waals surface area contributed by atoms with Crippen molar-refractivity contribution in [2.75, 3.05) is 11.9 Å². The molecule has 4 nitrogen and oxygen atoms in total. The number of carbonyl (C=O) groups is 1. The molecular formula is C30H26FN3O. The van der Waals surface area contributed by atoms with Crippen molar-refractivity contribution in [1.29, 1.82) is 0 Å². The molecule has 35 heavy (non-hydrogen) atoms. The van der Waals surface area contributed by atoms with E-state index in [-0.39, 0.29) is 17.6 Å². The predicted molar refractivity (Wildman–Crippen MR) is 139 cm³/mol. The number of halogens is 1. The summed E-state index contributed by atoms with van der Waals surface area (Å²) in [6.45, 7) is 0.544. The number of hydrogen-bond acceptors (Lipinski definition) is 2. The number of H-pyrrole nitrogens is 1. The fraction of sp³-hybridized carbons (Fsp3) is 0.100. The molecule has 0 aliphatic carbocycles. The number of anilines is 1. The SMILES string of the molecule is O=C(Nc1ccc(F)cc1)[C@H](NC[C@H](c1ccccc1)c1c[nH]c2ccccc12)c1ccccc1. The van der Waals surface area contributed by atoms with Gasteiger partial charge in [0.05, 0.1) is 0 Å². The van der Waals surface area contributed by atoms with Crippen LogP contribution in [0.5, 0.6) is 0 Å². The number of amides is 1. The second kappa shape index (κ2) is 10.4. The van der Waals surface area contributed by atoms with Crippen molar-refractivity contribution >= 4 is 22.5 Å². The quantitative estimate of drug-likeness (QED) is 0.249. The summed E-state index contributed by atoms with van der Waals surface area (Å²) in [5.74, 6) is -0.518. The Kier molecular flexibility index (Phi) is 6.68. The van der Waals surface area contributed by atoms with Gasteiger partial charge in [-0.2, -0.15) is 0 Å². The summed E-state index contributed by atoms with van der Waals surface area (Å²) in [6, 6.07) is 33.4. The van der Waals surface area contributed by atoms with Crippen molar-refractivity contribution in [3.63, 3.8) is 0 Å². The van der Waals surface area contributed by atoms with Gasteiger partial charge in [-0.25, -0.2) is 4.39 Å². The van der Waals surface area contributed by atoms with Crippen molar-refractivity contribution < 1.29 is 9.18 Å². The molecule has 1 amide bonds. The molecular weight excluding hydrogens is 437 g/mol. The van der Waals surface area contributed by atoms with E-state index >= 15 is 0 Å². The van der Waals surface area contributed by atoms with Crippen molar-refractivity contribution in [3.05, 3.63) is 138 Å². The lowest BCUT2D eigenvalue weighted by molar-refractivity contribution is -0.118. The maximum atomic E-state index is 13.4. The fourth-order valence-corrected chi connectivity index (χ4v) is 4.47. The molecule has 2 atom stereocenters. The maximum absolute atomic E-state index is 13.4. The van der Waals surface area contributed by atoms with Gasteiger partial charge in [-0.3, -0.25) is 4.79 Å². The number of aromatic nitrogens is 1. The van der Waals surface area contributed by atoms with Gasteiger partial charge in [0.1, 0.15) is 11.9 Å². The maximum Gasteiger partial charge on any atom is 0.246 e. The van der Waals surface area contributed by atoms with Gasteiger partial charge < -0.3 is 15.6 Å². The van der Waals surface area contributed by atoms with E-state index < -0.39 is 6.04 Å². The van der Waals surface area contributed by atoms with Crippen molar-refractivity contribution in [2.45, 2.75) is 12.0 Å². The number of para-hydroxylation sites is 1. The van der Waals surface area contributed by atoms with Crippen LogP contribution in [-0.2, 0) is 4.79 Å². The third-order valence-electron chi connectivity index (χ3n) is 6.23. The van der Waals surface area contributed by atoms with Gasteiger partial charge in [0.15, 0.2) is 0 Å². The molecule has 0 bridgehead atoms. The van der Waals surface area contributed by atoms with E-state index in [1.54, 1.807) is 12.1 Å². The van der Waals surface area contributed by atoms with Crippen LogP contribution < -0.4 is 10.6 Å². The van der Waals surface area contributed by atoms with Crippen LogP contribution in [0.4, 0.5) is 10.1 Å². The number of hydrogen-bond donors (Lipinski definition) is 3. The Hall–Kier alpha value is -4.22. The Bertz CT molecular complexity index is 1400. The van der Waals surface area contributed by atoms with Gasteiger partial charge >= 0.3 is 0 Å². The molecule has 0 spiro atoms. The molecule has 5 aromatic rings. The number of aromatic amines is 1. The first-order chi connectivity index (χ1) is 17.2. The molecule has 0 unspecified atom stereocenters. The van der Waals surface area contributed by atoms with Crippen LogP contribution in [0.1, 0.15) is 28.7 Å². The Labute approximate surface area is 203 Å². The van der Waals surface area contributed by atoms with Crippen LogP contribution in [-0.4, -0.2) is 17.4 Å². The summed E-state index contributed by atoms with van der Waals surface area (Å²) in [4.78, 5) is 16.8. The summed E-state index contributed by atoms with van der Waals surface area (Å²) in [5.41, 5.74) is 4.82. The molecule has 5 rings (SSSR count). The van der Waals surface area contributed by atoms with Crippen LogP contribution >= 0.6 is 0 Å². The molecule has 0 aliphatic heterocycles. The topological polar surface area (TPSA) is 56.9 Å². The third-order valence-corrected chi connectivity index (χ3v) is 6.23. The highest BCUT2D eigenvalue weighted by Crippen LogP contribution is 2.31. The van der Waals surface area contributed by atoms with Gasteiger partial charge in [-0.15, -0.1) is 0 Å². The predicted octanol–water partition coefficient (Wildman–Crippen LogP) is 6.41. The molecule has 1 aromatic heterocycles. The number of nitrogens with one attached hydrogen (secondary N) is 3. The van der Waals surface area contributed by atoms with Crippen LogP contribution in [0, 0.1) is 5.82 Å². The summed E-state index contributed by atoms with van der Waals surface area (Å²) in [5, 5.41) is 7.60. The third kappa shape index (κ3) is 5.15. The standard InChI is InChI=1S/C30H26FN3O/c31-23-15-17-24(18-16-23)34-30(35)29(22-11-5-2-6-12-22)33-19-26(21-9-3-1-4-10-21)27-20-32-28-14-8-7-13-25(27)28/h1-18,20,26,29,32-33H,19H2,(H,34,35)/t26-,29-/m1/s1. The molecule has 5 heteroatoms. The number of rotatable bonds is 8. The Morgan fingerprint density at radius 1 is 0.771 bits per heavy atom. The Morgan fingerprint density at radius 2 is 1.40 bits per heavy atom. The smallest absolute Gasteiger partial charge is 0.246 e. The van der Waals surface area contributed by atoms with Crippen LogP contribution in [0.15, 0.2) is 115 Å². The lowest BCUT2D eigenvalue weighted by Crippen LogP contribution is -2.35. The highest BCUT2D eigenvalue weighted by Gasteiger charge is 2.24. The molecule has 0 aliphatic rings. The van der Waals surface area contributed by atoms with Gasteiger partial charge in [0.25, 0.3) is 0 Å². The summed E-state index contributed by atoms with van der Waals surface area (Å²) < 4.78 is 13.3. The molecule has 0 saturated heterocycles. The molecule has 174 valence electrons. The Balaban J connectivity index is 1.45. The van der Waals surface area contributed by atoms with Gasteiger partial charge in [0.2, 0.25) is 5.91 Å². The molecule has 0 fully saturated rings. The number of benzene rings is 4. The van der Waals surface area contributed by atoms with E-state index in [0.717, 1.165) is 22.0 Å². The highest BCUT2D eigenvalue weighted by molar-refractivity contribution is 5.95. The van der Waals surface area contributed by atoms with Crippen LogP contribution in [0.3, 0.4) is 0 Å². The summed E-state index contributed by atoms with van der Waals surface area (Å²) in [6.07, 6.45) is 2.06. The van der Waals surface area contributed by atoms with Gasteiger partial charge in [-0.1, -0.05) is 78.9 Å². The zero-order valence-corrected chi connectivity index (χ0v) is 19.1. The zero-order valence-electron chi connectivity index (χ0n) is 19.1. The minimum Gasteiger partial charge on any atom is -0.361 e. The van der Waals surface area contributed by atoms with E-state index in [0.29, 0.717) is 12.2 Å². The number of fused-ring (bicyclic) bond motifs is 1. The monoisotopic (exact) mass is 463 g/mol. The first kappa shape index (κ1) is 22.6. The van der Waals surface area contributed by atoms with Gasteiger partial charge in [0, 0.05) is 35.2 Å². The number of carbonyl (C=O) groups excluding carboxylic acids is 1. The lowest BCUT2D eigenvalue weighted by Gasteiger charge is -2.24. The highest BCUT2D eigenvalue weighted by atomic mass is 19.1. The minimum atomic E-state index is -0.585. The normalized spacial score (nSPS) is 12.8. The first-order valence-corrected chi connectivity index (χ1v) is 11.6. The second-order valence-corrected chi connectivity index (χ2v) is 8.50. The summed E-state index contributed by atoms with van der Waals surface area (Å²) in [7, 11) is 0. The van der Waals surface area contributed by atoms with Gasteiger partial charge in [-0.05, 0) is 47.0 Å². The van der Waals surface area contributed by atoms with Crippen molar-refractivity contribution in [2.24, 2.45) is 0 Å². The van der Waals surface area contributed by atoms with Crippen molar-refractivity contribution in [3.8, 4) is 0 Å². The zero-order chi connectivity index (χ0) is 24.0. The molecule has 0 radical (unpaired) electrons. The average molecular weight is 464 g/mol. The van der Waals surface area contributed by atoms with E-state index in [1.807, 2.05) is 60.7 Å². The van der Waals surface area contributed by atoms with Crippen LogP contribution in [0.2, 0.25) is 0 Å². The molecule has 4 aromatic carbocycles. The van der Waals surface area contributed by atoms with E-state index in [9.17, 15) is 9.18 Å². The summed E-state index contributed by atoms with van der Waals surface area (Å²) >= 11 is 0. The molecule has 0 saturated carbocycles. The molecule has 1 heterocycles. The molecule has 3 N–H and O–H groups in total. The lowest BCUT2D eigenvalue weighted by atomic mass is 9.90. The fourth-order valence-electron chi connectivity index (χ4n) is 4.47. The van der Waals surface area contributed by atoms with E-state index in [2.05, 4.69) is 46.1 Å². The van der Waals surface area contributed by atoms with Crippen molar-refractivity contribution in [1.82, 2.24) is 10.3 Å². The van der Waals surface area contributed by atoms with E-state index in [1.165, 1.54) is 17.7 Å². The first-order valence-electron chi connectivity index (χ1n) is 11.6. The second-order valence-electron chi connectivity index (χ2n) is 8.50. The minimum absolute atomic E-state index is 0.0252.